The number of nitrogens with zero attached hydrogens (tertiary/aromatic N) is 5. The lowest BCUT2D eigenvalue weighted by atomic mass is 9.96. The van der Waals surface area contributed by atoms with Crippen molar-refractivity contribution in [2.75, 3.05) is 13.1 Å². The maximum absolute atomic E-state index is 13.8. The zero-order valence-electron chi connectivity index (χ0n) is 19.9. The Bertz CT molecular complexity index is 1390. The van der Waals surface area contributed by atoms with E-state index in [1.807, 2.05) is 53.2 Å². The number of aryl methyl sites for hydroxylation is 1. The fourth-order valence-electron chi connectivity index (χ4n) is 4.92. The van der Waals surface area contributed by atoms with Crippen molar-refractivity contribution in [3.63, 3.8) is 0 Å². The van der Waals surface area contributed by atoms with Gasteiger partial charge in [0.1, 0.15) is 11.3 Å². The number of aromatic nitrogens is 4. The molecule has 2 aromatic carbocycles. The molecule has 0 saturated carbocycles. The highest BCUT2D eigenvalue weighted by molar-refractivity contribution is 6.30. The first kappa shape index (κ1) is 22.8. The second-order valence-corrected chi connectivity index (χ2v) is 9.99. The second kappa shape index (κ2) is 9.35. The second-order valence-electron chi connectivity index (χ2n) is 9.55. The van der Waals surface area contributed by atoms with E-state index in [1.165, 1.54) is 0 Å². The summed E-state index contributed by atoms with van der Waals surface area (Å²) in [5.41, 5.74) is 3.76. The van der Waals surface area contributed by atoms with E-state index in [0.29, 0.717) is 40.4 Å². The highest BCUT2D eigenvalue weighted by Gasteiger charge is 2.25. The van der Waals surface area contributed by atoms with Crippen molar-refractivity contribution >= 4 is 22.6 Å². The molecule has 1 atom stereocenters. The summed E-state index contributed by atoms with van der Waals surface area (Å²) in [6.07, 6.45) is 4.07. The Labute approximate surface area is 204 Å². The van der Waals surface area contributed by atoms with E-state index in [2.05, 4.69) is 36.8 Å². The van der Waals surface area contributed by atoms with Crippen LogP contribution in [0, 0.1) is 12.8 Å². The molecule has 0 radical (unpaired) electrons. The number of piperidine rings is 1. The Morgan fingerprint density at radius 3 is 2.74 bits per heavy atom. The van der Waals surface area contributed by atoms with Crippen LogP contribution in [0.3, 0.4) is 0 Å². The summed E-state index contributed by atoms with van der Waals surface area (Å²) in [7, 11) is 0. The molecule has 34 heavy (non-hydrogen) atoms. The molecule has 176 valence electrons. The molecule has 0 aliphatic carbocycles. The lowest BCUT2D eigenvalue weighted by Gasteiger charge is -2.35. The smallest absolute Gasteiger partial charge is 0.282 e. The third-order valence-corrected chi connectivity index (χ3v) is 7.04. The van der Waals surface area contributed by atoms with Crippen LogP contribution in [0.4, 0.5) is 0 Å². The predicted molar refractivity (Wildman–Crippen MR) is 138 cm³/mol. The Kier molecular flexibility index (Phi) is 6.28. The number of benzene rings is 2. The van der Waals surface area contributed by atoms with Gasteiger partial charge in [-0.25, -0.2) is 9.67 Å². The molecule has 1 aliphatic heterocycles. The largest absolute Gasteiger partial charge is 0.301 e. The molecule has 1 fully saturated rings. The molecule has 0 amide bonds. The topological polar surface area (TPSA) is 56.0 Å². The monoisotopic (exact) mass is 475 g/mol. The van der Waals surface area contributed by atoms with E-state index in [1.54, 1.807) is 4.68 Å². The Balaban J connectivity index is 1.64. The van der Waals surface area contributed by atoms with Crippen molar-refractivity contribution in [1.82, 2.24) is 24.2 Å². The minimum Gasteiger partial charge on any atom is -0.301 e. The normalized spacial score (nSPS) is 17.0. The van der Waals surface area contributed by atoms with Gasteiger partial charge in [-0.15, -0.1) is 0 Å². The van der Waals surface area contributed by atoms with Crippen molar-refractivity contribution in [1.29, 1.82) is 0 Å². The Hall–Kier alpha value is -2.96. The lowest BCUT2D eigenvalue weighted by Crippen LogP contribution is -2.42. The van der Waals surface area contributed by atoms with Crippen molar-refractivity contribution < 1.29 is 0 Å². The SMILES string of the molecule is Cc1ccccc1-c1nc2cn(-c3cccc(Cl)c3)nc2c(=O)n1CC1CCCN(C(C)C)C1. The number of rotatable bonds is 5. The van der Waals surface area contributed by atoms with Crippen molar-refractivity contribution in [3.8, 4) is 17.1 Å². The molecule has 1 saturated heterocycles. The average molecular weight is 476 g/mol. The highest BCUT2D eigenvalue weighted by atomic mass is 35.5. The number of hydrogen-bond donors (Lipinski definition) is 0. The molecule has 6 nitrogen and oxygen atoms in total. The Morgan fingerprint density at radius 1 is 1.15 bits per heavy atom. The summed E-state index contributed by atoms with van der Waals surface area (Å²) in [6, 6.07) is 16.1. The van der Waals surface area contributed by atoms with Gasteiger partial charge in [-0.3, -0.25) is 9.36 Å². The maximum atomic E-state index is 13.8. The van der Waals surface area contributed by atoms with Gasteiger partial charge in [0.25, 0.3) is 5.56 Å². The van der Waals surface area contributed by atoms with Gasteiger partial charge in [-0.1, -0.05) is 41.9 Å². The predicted octanol–water partition coefficient (Wildman–Crippen LogP) is 5.33. The first-order valence-corrected chi connectivity index (χ1v) is 12.3. The van der Waals surface area contributed by atoms with Crippen LogP contribution in [-0.2, 0) is 6.54 Å². The van der Waals surface area contributed by atoms with Crippen LogP contribution in [-0.4, -0.2) is 43.4 Å². The van der Waals surface area contributed by atoms with Gasteiger partial charge in [0, 0.05) is 29.7 Å². The molecule has 0 spiro atoms. The number of hydrogen-bond acceptors (Lipinski definition) is 4. The zero-order valence-corrected chi connectivity index (χ0v) is 20.7. The minimum absolute atomic E-state index is 0.0919. The van der Waals surface area contributed by atoms with Crippen LogP contribution in [0.5, 0.6) is 0 Å². The summed E-state index contributed by atoms with van der Waals surface area (Å²) in [6.45, 7) is 9.29. The average Bonchev–Trinajstić information content (AvgIpc) is 3.26. The van der Waals surface area contributed by atoms with Gasteiger partial charge in [0.15, 0.2) is 5.52 Å². The van der Waals surface area contributed by atoms with E-state index in [-0.39, 0.29) is 5.56 Å². The number of halogens is 1. The van der Waals surface area contributed by atoms with Crippen LogP contribution in [0.1, 0.15) is 32.3 Å². The highest BCUT2D eigenvalue weighted by Crippen LogP contribution is 2.26. The fraction of sp³-hybridized carbons (Fsp3) is 0.370. The molecular weight excluding hydrogens is 446 g/mol. The van der Waals surface area contributed by atoms with Gasteiger partial charge < -0.3 is 4.90 Å². The van der Waals surface area contributed by atoms with Crippen LogP contribution in [0.15, 0.2) is 59.5 Å². The quantitative estimate of drug-likeness (QED) is 0.391. The standard InChI is InChI=1S/C27H30ClN5O/c1-18(2)31-13-7-9-20(15-31)16-32-26(23-12-5-4-8-19(23)3)29-24-17-33(30-25(24)27(32)34)22-11-6-10-21(28)14-22/h4-6,8,10-12,14,17-18,20H,7,9,13,15-16H2,1-3H3. The van der Waals surface area contributed by atoms with E-state index in [0.717, 1.165) is 42.7 Å². The first-order chi connectivity index (χ1) is 16.4. The van der Waals surface area contributed by atoms with E-state index in [4.69, 9.17) is 16.6 Å². The molecule has 1 unspecified atom stereocenters. The van der Waals surface area contributed by atoms with Gasteiger partial charge in [0.2, 0.25) is 0 Å². The van der Waals surface area contributed by atoms with E-state index in [9.17, 15) is 4.79 Å². The molecule has 5 rings (SSSR count). The third kappa shape index (κ3) is 4.40. The van der Waals surface area contributed by atoms with Gasteiger partial charge in [-0.2, -0.15) is 5.10 Å². The molecular formula is C27H30ClN5O. The van der Waals surface area contributed by atoms with Crippen LogP contribution < -0.4 is 5.56 Å². The van der Waals surface area contributed by atoms with Crippen LogP contribution >= 0.6 is 11.6 Å². The number of likely N-dealkylation sites (tertiary alicyclic amines) is 1. The summed E-state index contributed by atoms with van der Waals surface area (Å²) >= 11 is 6.19. The Morgan fingerprint density at radius 2 is 1.97 bits per heavy atom. The summed E-state index contributed by atoms with van der Waals surface area (Å²) < 4.78 is 3.55. The number of fused-ring (bicyclic) bond motifs is 1. The van der Waals surface area contributed by atoms with Crippen LogP contribution in [0.2, 0.25) is 5.02 Å². The molecule has 3 heterocycles. The lowest BCUT2D eigenvalue weighted by molar-refractivity contribution is 0.130. The molecule has 0 N–H and O–H groups in total. The van der Waals surface area contributed by atoms with Gasteiger partial charge in [-0.05, 0) is 69.8 Å². The van der Waals surface area contributed by atoms with E-state index >= 15 is 0 Å². The van der Waals surface area contributed by atoms with Gasteiger partial charge >= 0.3 is 0 Å². The zero-order chi connectivity index (χ0) is 23.8. The third-order valence-electron chi connectivity index (χ3n) is 6.80. The summed E-state index contributed by atoms with van der Waals surface area (Å²) in [5, 5.41) is 5.25. The molecule has 2 aromatic heterocycles. The maximum Gasteiger partial charge on any atom is 0.282 e. The summed E-state index contributed by atoms with van der Waals surface area (Å²) in [5.74, 6) is 1.11. The molecule has 1 aliphatic rings. The molecule has 7 heteroatoms. The first-order valence-electron chi connectivity index (χ1n) is 12.0. The summed E-state index contributed by atoms with van der Waals surface area (Å²) in [4.78, 5) is 21.3. The fourth-order valence-corrected chi connectivity index (χ4v) is 5.11. The van der Waals surface area contributed by atoms with Gasteiger partial charge in [0.05, 0.1) is 11.9 Å². The van der Waals surface area contributed by atoms with Crippen molar-refractivity contribution in [2.24, 2.45) is 5.92 Å². The molecule has 0 bridgehead atoms. The molecule has 4 aromatic rings. The van der Waals surface area contributed by atoms with E-state index < -0.39 is 0 Å². The van der Waals surface area contributed by atoms with Crippen molar-refractivity contribution in [3.05, 3.63) is 75.7 Å². The van der Waals surface area contributed by atoms with Crippen molar-refractivity contribution in [2.45, 2.75) is 46.2 Å². The van der Waals surface area contributed by atoms with Crippen LogP contribution in [0.25, 0.3) is 28.1 Å². The minimum atomic E-state index is -0.0919.